The van der Waals surface area contributed by atoms with Crippen molar-refractivity contribution in [2.45, 2.75) is 39.5 Å². The molecule has 0 aliphatic heterocycles. The Kier molecular flexibility index (Phi) is 6.36. The van der Waals surface area contributed by atoms with Gasteiger partial charge in [0.1, 0.15) is 0 Å². The second-order valence-corrected chi connectivity index (χ2v) is 4.54. The lowest BCUT2D eigenvalue weighted by Gasteiger charge is -2.07. The fourth-order valence-corrected chi connectivity index (χ4v) is 1.85. The molecule has 0 aliphatic carbocycles. The minimum Gasteiger partial charge on any atom is -0.352 e. The Morgan fingerprint density at radius 1 is 1.22 bits per heavy atom. The summed E-state index contributed by atoms with van der Waals surface area (Å²) in [7, 11) is 0. The summed E-state index contributed by atoms with van der Waals surface area (Å²) in [6, 6.07) is 3.70. The fraction of sp³-hybridized carbons (Fsp3) is 0.571. The van der Waals surface area contributed by atoms with Crippen molar-refractivity contribution in [1.82, 2.24) is 10.3 Å². The summed E-state index contributed by atoms with van der Waals surface area (Å²) in [6.45, 7) is 5.26. The topological polar surface area (TPSA) is 68.0 Å². The number of hydrogen-bond donors (Lipinski definition) is 2. The molecule has 0 aliphatic rings. The molecule has 0 aromatic carbocycles. The Balaban J connectivity index is 2.32. The van der Waals surface area contributed by atoms with Crippen molar-refractivity contribution in [3.8, 4) is 0 Å². The first-order chi connectivity index (χ1) is 8.65. The van der Waals surface area contributed by atoms with Crippen LogP contribution in [0.1, 0.15) is 47.4 Å². The molecule has 4 nitrogen and oxygen atoms in total. The standard InChI is InChI=1S/C14H23N3O/c1-11-7-8-13(12(2)17-11)14(18)16-10-6-4-3-5-9-15/h7-8H,3-6,9-10,15H2,1-2H3,(H,16,18). The molecule has 1 rings (SSSR count). The van der Waals surface area contributed by atoms with E-state index in [2.05, 4.69) is 10.3 Å². The molecule has 1 aromatic heterocycles. The molecule has 0 unspecified atom stereocenters. The number of aromatic nitrogens is 1. The van der Waals surface area contributed by atoms with Crippen LogP contribution in [0.4, 0.5) is 0 Å². The minimum atomic E-state index is -0.0289. The van der Waals surface area contributed by atoms with E-state index in [0.29, 0.717) is 5.56 Å². The lowest BCUT2D eigenvalue weighted by molar-refractivity contribution is 0.0952. The molecule has 4 heteroatoms. The van der Waals surface area contributed by atoms with Crippen LogP contribution in [0.15, 0.2) is 12.1 Å². The van der Waals surface area contributed by atoms with Crippen LogP contribution in [-0.2, 0) is 0 Å². The van der Waals surface area contributed by atoms with Crippen LogP contribution in [-0.4, -0.2) is 24.0 Å². The van der Waals surface area contributed by atoms with Crippen LogP contribution in [0.25, 0.3) is 0 Å². The van der Waals surface area contributed by atoms with Gasteiger partial charge in [-0.05, 0) is 45.4 Å². The van der Waals surface area contributed by atoms with E-state index in [4.69, 9.17) is 5.73 Å². The van der Waals surface area contributed by atoms with Crippen LogP contribution < -0.4 is 11.1 Å². The SMILES string of the molecule is Cc1ccc(C(=O)NCCCCCCN)c(C)n1. The minimum absolute atomic E-state index is 0.0289. The van der Waals surface area contributed by atoms with Gasteiger partial charge >= 0.3 is 0 Å². The van der Waals surface area contributed by atoms with Gasteiger partial charge in [0.2, 0.25) is 0 Å². The molecule has 0 spiro atoms. The number of amides is 1. The quantitative estimate of drug-likeness (QED) is 0.726. The first-order valence-corrected chi connectivity index (χ1v) is 6.57. The third-order valence-electron chi connectivity index (χ3n) is 2.89. The number of rotatable bonds is 7. The molecule has 1 aromatic rings. The second-order valence-electron chi connectivity index (χ2n) is 4.54. The Hall–Kier alpha value is -1.42. The van der Waals surface area contributed by atoms with Crippen molar-refractivity contribution in [2.75, 3.05) is 13.1 Å². The smallest absolute Gasteiger partial charge is 0.253 e. The molecule has 0 saturated carbocycles. The number of pyridine rings is 1. The normalized spacial score (nSPS) is 10.4. The van der Waals surface area contributed by atoms with Gasteiger partial charge in [0, 0.05) is 12.2 Å². The maximum atomic E-state index is 11.9. The summed E-state index contributed by atoms with van der Waals surface area (Å²) in [5.41, 5.74) is 7.81. The highest BCUT2D eigenvalue weighted by molar-refractivity contribution is 5.95. The van der Waals surface area contributed by atoms with Crippen molar-refractivity contribution >= 4 is 5.91 Å². The molecule has 0 atom stereocenters. The Morgan fingerprint density at radius 2 is 1.94 bits per heavy atom. The van der Waals surface area contributed by atoms with Crippen LogP contribution in [0.3, 0.4) is 0 Å². The number of aryl methyl sites for hydroxylation is 2. The largest absolute Gasteiger partial charge is 0.352 e. The van der Waals surface area contributed by atoms with E-state index < -0.39 is 0 Å². The van der Waals surface area contributed by atoms with Crippen molar-refractivity contribution in [3.63, 3.8) is 0 Å². The zero-order chi connectivity index (χ0) is 13.4. The van der Waals surface area contributed by atoms with Gasteiger partial charge in [-0.2, -0.15) is 0 Å². The van der Waals surface area contributed by atoms with Gasteiger partial charge in [0.25, 0.3) is 5.91 Å². The Labute approximate surface area is 109 Å². The lowest BCUT2D eigenvalue weighted by atomic mass is 10.1. The summed E-state index contributed by atoms with van der Waals surface area (Å²) in [6.07, 6.45) is 4.32. The third-order valence-corrected chi connectivity index (χ3v) is 2.89. The zero-order valence-corrected chi connectivity index (χ0v) is 11.3. The Bertz CT molecular complexity index is 391. The van der Waals surface area contributed by atoms with Gasteiger partial charge in [-0.15, -0.1) is 0 Å². The third kappa shape index (κ3) is 4.84. The molecular weight excluding hydrogens is 226 g/mol. The number of nitrogens with one attached hydrogen (secondary N) is 1. The van der Waals surface area contributed by atoms with E-state index in [-0.39, 0.29) is 5.91 Å². The van der Waals surface area contributed by atoms with Crippen molar-refractivity contribution < 1.29 is 4.79 Å². The van der Waals surface area contributed by atoms with Gasteiger partial charge in [-0.3, -0.25) is 9.78 Å². The van der Waals surface area contributed by atoms with E-state index in [1.165, 1.54) is 0 Å². The second kappa shape index (κ2) is 7.82. The van der Waals surface area contributed by atoms with E-state index in [1.54, 1.807) is 0 Å². The lowest BCUT2D eigenvalue weighted by Crippen LogP contribution is -2.25. The van der Waals surface area contributed by atoms with Gasteiger partial charge in [-0.1, -0.05) is 12.8 Å². The highest BCUT2D eigenvalue weighted by Crippen LogP contribution is 2.06. The van der Waals surface area contributed by atoms with Crippen LogP contribution in [0.2, 0.25) is 0 Å². The number of unbranched alkanes of at least 4 members (excludes halogenated alkanes) is 3. The molecule has 0 bridgehead atoms. The summed E-state index contributed by atoms with van der Waals surface area (Å²) in [5.74, 6) is -0.0289. The number of carbonyl (C=O) groups excluding carboxylic acids is 1. The maximum Gasteiger partial charge on any atom is 0.253 e. The van der Waals surface area contributed by atoms with Gasteiger partial charge in [-0.25, -0.2) is 0 Å². The molecule has 100 valence electrons. The number of nitrogens with two attached hydrogens (primary N) is 1. The average molecular weight is 249 g/mol. The maximum absolute atomic E-state index is 11.9. The van der Waals surface area contributed by atoms with Crippen LogP contribution in [0, 0.1) is 13.8 Å². The van der Waals surface area contributed by atoms with Gasteiger partial charge in [0.05, 0.1) is 11.3 Å². The van der Waals surface area contributed by atoms with Crippen molar-refractivity contribution in [3.05, 3.63) is 29.1 Å². The molecule has 18 heavy (non-hydrogen) atoms. The molecule has 0 radical (unpaired) electrons. The highest BCUT2D eigenvalue weighted by atomic mass is 16.1. The Morgan fingerprint density at radius 3 is 2.61 bits per heavy atom. The average Bonchev–Trinajstić information content (AvgIpc) is 2.33. The summed E-state index contributed by atoms with van der Waals surface area (Å²) < 4.78 is 0. The van der Waals surface area contributed by atoms with E-state index in [0.717, 1.165) is 50.2 Å². The molecule has 3 N–H and O–H groups in total. The van der Waals surface area contributed by atoms with E-state index in [9.17, 15) is 4.79 Å². The number of hydrogen-bond acceptors (Lipinski definition) is 3. The van der Waals surface area contributed by atoms with E-state index in [1.807, 2.05) is 26.0 Å². The number of nitrogens with zero attached hydrogens (tertiary/aromatic N) is 1. The summed E-state index contributed by atoms with van der Waals surface area (Å²) in [5, 5.41) is 2.93. The molecule has 1 heterocycles. The fourth-order valence-electron chi connectivity index (χ4n) is 1.85. The van der Waals surface area contributed by atoms with E-state index >= 15 is 0 Å². The molecule has 0 saturated heterocycles. The van der Waals surface area contributed by atoms with Gasteiger partial charge in [0.15, 0.2) is 0 Å². The summed E-state index contributed by atoms with van der Waals surface area (Å²) in [4.78, 5) is 16.2. The van der Waals surface area contributed by atoms with Crippen molar-refractivity contribution in [1.29, 1.82) is 0 Å². The monoisotopic (exact) mass is 249 g/mol. The number of carbonyl (C=O) groups is 1. The predicted octanol–water partition coefficient (Wildman–Crippen LogP) is 1.95. The molecular formula is C14H23N3O. The van der Waals surface area contributed by atoms with Crippen LogP contribution >= 0.6 is 0 Å². The molecule has 0 fully saturated rings. The highest BCUT2D eigenvalue weighted by Gasteiger charge is 2.08. The molecule has 1 amide bonds. The first-order valence-electron chi connectivity index (χ1n) is 6.57. The van der Waals surface area contributed by atoms with Crippen molar-refractivity contribution in [2.24, 2.45) is 5.73 Å². The van der Waals surface area contributed by atoms with Gasteiger partial charge < -0.3 is 11.1 Å². The summed E-state index contributed by atoms with van der Waals surface area (Å²) >= 11 is 0. The zero-order valence-electron chi connectivity index (χ0n) is 11.3. The predicted molar refractivity (Wildman–Crippen MR) is 73.6 cm³/mol. The van der Waals surface area contributed by atoms with Crippen LogP contribution in [0.5, 0.6) is 0 Å². The first kappa shape index (κ1) is 14.6.